The van der Waals surface area contributed by atoms with Gasteiger partial charge in [0.05, 0.1) is 5.69 Å². The van der Waals surface area contributed by atoms with Crippen molar-refractivity contribution in [1.82, 2.24) is 0 Å². The summed E-state index contributed by atoms with van der Waals surface area (Å²) in [6.07, 6.45) is 8.14. The minimum atomic E-state index is -0.611. The van der Waals surface area contributed by atoms with Crippen molar-refractivity contribution in [1.29, 1.82) is 0 Å². The van der Waals surface area contributed by atoms with Gasteiger partial charge < -0.3 is 4.84 Å². The lowest BCUT2D eigenvalue weighted by Gasteiger charge is -2.11. The molecule has 4 nitrogen and oxygen atoms in total. The minimum absolute atomic E-state index is 0.0797. The number of amides is 1. The van der Waals surface area contributed by atoms with Crippen LogP contribution >= 0.6 is 0 Å². The number of rotatable bonds is 1. The van der Waals surface area contributed by atoms with Crippen LogP contribution in [0.25, 0.3) is 0 Å². The molecule has 1 heterocycles. The van der Waals surface area contributed by atoms with Crippen molar-refractivity contribution in [3.8, 4) is 0 Å². The molecule has 0 aromatic heterocycles. The first-order chi connectivity index (χ1) is 9.27. The summed E-state index contributed by atoms with van der Waals surface area (Å²) in [5, 5.41) is 1.03. The Morgan fingerprint density at radius 3 is 2.37 bits per heavy atom. The van der Waals surface area contributed by atoms with E-state index >= 15 is 0 Å². The lowest BCUT2D eigenvalue weighted by Crippen LogP contribution is -2.23. The SMILES string of the molecule is O=C1ON(c2ccccc2)C(=O)C1=C1C=CCC=C1. The zero-order valence-electron chi connectivity index (χ0n) is 10.1. The van der Waals surface area contributed by atoms with Gasteiger partial charge in [-0.25, -0.2) is 4.79 Å². The van der Waals surface area contributed by atoms with Crippen molar-refractivity contribution in [2.45, 2.75) is 6.42 Å². The van der Waals surface area contributed by atoms with Crippen LogP contribution in [-0.2, 0) is 14.4 Å². The molecule has 0 unspecified atom stereocenters. The number of hydrogen-bond donors (Lipinski definition) is 0. The average Bonchev–Trinajstić information content (AvgIpc) is 2.76. The number of carbonyl (C=O) groups is 2. The molecule has 1 fully saturated rings. The monoisotopic (exact) mass is 253 g/mol. The van der Waals surface area contributed by atoms with E-state index in [0.29, 0.717) is 11.3 Å². The molecule has 1 aliphatic carbocycles. The Balaban J connectivity index is 2.01. The van der Waals surface area contributed by atoms with Crippen molar-refractivity contribution in [2.75, 3.05) is 5.06 Å². The lowest BCUT2D eigenvalue weighted by atomic mass is 10.0. The lowest BCUT2D eigenvalue weighted by molar-refractivity contribution is -0.137. The summed E-state index contributed by atoms with van der Waals surface area (Å²) >= 11 is 0. The van der Waals surface area contributed by atoms with E-state index in [1.54, 1.807) is 36.4 Å². The van der Waals surface area contributed by atoms with Crippen LogP contribution in [0, 0.1) is 0 Å². The Morgan fingerprint density at radius 1 is 1.00 bits per heavy atom. The van der Waals surface area contributed by atoms with Crippen molar-refractivity contribution in [2.24, 2.45) is 0 Å². The fourth-order valence-corrected chi connectivity index (χ4v) is 2.02. The molecule has 1 amide bonds. The molecule has 3 rings (SSSR count). The average molecular weight is 253 g/mol. The van der Waals surface area contributed by atoms with Crippen LogP contribution in [0.3, 0.4) is 0 Å². The molecular formula is C15H11NO3. The predicted octanol–water partition coefficient (Wildman–Crippen LogP) is 2.30. The second-order valence-electron chi connectivity index (χ2n) is 4.18. The topological polar surface area (TPSA) is 46.6 Å². The van der Waals surface area contributed by atoms with E-state index in [4.69, 9.17) is 4.84 Å². The third-order valence-corrected chi connectivity index (χ3v) is 2.92. The number of allylic oxidation sites excluding steroid dienone is 5. The third kappa shape index (κ3) is 1.97. The standard InChI is InChI=1S/C15H11NO3/c17-14-13(11-7-3-1-4-8-11)15(18)19-16(14)12-9-5-2-6-10-12/h2-10H,1H2. The Hall–Kier alpha value is -2.62. The summed E-state index contributed by atoms with van der Waals surface area (Å²) in [5.41, 5.74) is 1.22. The number of anilines is 1. The maximum atomic E-state index is 12.3. The van der Waals surface area contributed by atoms with Gasteiger partial charge in [0, 0.05) is 0 Å². The first kappa shape index (κ1) is 11.5. The number of hydroxylamine groups is 1. The summed E-state index contributed by atoms with van der Waals surface area (Å²) in [7, 11) is 0. The van der Waals surface area contributed by atoms with Crippen LogP contribution in [0.2, 0.25) is 0 Å². The molecule has 1 aromatic carbocycles. The van der Waals surface area contributed by atoms with E-state index in [-0.39, 0.29) is 5.57 Å². The van der Waals surface area contributed by atoms with Gasteiger partial charge in [-0.1, -0.05) is 42.5 Å². The van der Waals surface area contributed by atoms with Gasteiger partial charge >= 0.3 is 5.97 Å². The zero-order valence-corrected chi connectivity index (χ0v) is 10.1. The van der Waals surface area contributed by atoms with Crippen LogP contribution in [0.1, 0.15) is 6.42 Å². The molecule has 19 heavy (non-hydrogen) atoms. The largest absolute Gasteiger partial charge is 0.370 e. The Kier molecular flexibility index (Phi) is 2.76. The highest BCUT2D eigenvalue weighted by Crippen LogP contribution is 2.27. The maximum Gasteiger partial charge on any atom is 0.370 e. The highest BCUT2D eigenvalue weighted by Gasteiger charge is 2.39. The zero-order chi connectivity index (χ0) is 13.2. The van der Waals surface area contributed by atoms with Gasteiger partial charge in [0.15, 0.2) is 0 Å². The number of benzene rings is 1. The molecule has 4 heteroatoms. The van der Waals surface area contributed by atoms with Crippen molar-refractivity contribution in [3.63, 3.8) is 0 Å². The smallest absolute Gasteiger partial charge is 0.327 e. The van der Waals surface area contributed by atoms with Gasteiger partial charge in [0.25, 0.3) is 5.91 Å². The summed E-state index contributed by atoms with van der Waals surface area (Å²) in [6, 6.07) is 8.82. The molecule has 0 radical (unpaired) electrons. The van der Waals surface area contributed by atoms with Crippen LogP contribution in [0.4, 0.5) is 5.69 Å². The second kappa shape index (κ2) is 4.57. The molecule has 1 saturated heterocycles. The first-order valence-electron chi connectivity index (χ1n) is 5.96. The minimum Gasteiger partial charge on any atom is -0.327 e. The molecule has 0 atom stereocenters. The molecule has 94 valence electrons. The van der Waals surface area contributed by atoms with Crippen molar-refractivity contribution < 1.29 is 14.4 Å². The van der Waals surface area contributed by atoms with Crippen LogP contribution in [0.5, 0.6) is 0 Å². The van der Waals surface area contributed by atoms with Gasteiger partial charge in [-0.15, -0.1) is 5.06 Å². The van der Waals surface area contributed by atoms with Crippen molar-refractivity contribution >= 4 is 17.6 Å². The molecule has 2 aliphatic rings. The summed E-state index contributed by atoms with van der Waals surface area (Å²) < 4.78 is 0. The summed E-state index contributed by atoms with van der Waals surface area (Å²) in [4.78, 5) is 29.2. The second-order valence-corrected chi connectivity index (χ2v) is 4.18. The Morgan fingerprint density at radius 2 is 1.68 bits per heavy atom. The number of hydrogen-bond acceptors (Lipinski definition) is 3. The normalized spacial score (nSPS) is 18.2. The molecular weight excluding hydrogens is 242 g/mol. The maximum absolute atomic E-state index is 12.3. The highest BCUT2D eigenvalue weighted by atomic mass is 16.7. The fourth-order valence-electron chi connectivity index (χ4n) is 2.02. The first-order valence-corrected chi connectivity index (χ1v) is 5.96. The molecule has 1 aromatic rings. The van der Waals surface area contributed by atoms with Crippen LogP contribution < -0.4 is 5.06 Å². The van der Waals surface area contributed by atoms with E-state index in [0.717, 1.165) is 11.5 Å². The third-order valence-electron chi connectivity index (χ3n) is 2.92. The molecule has 0 spiro atoms. The molecule has 1 aliphatic heterocycles. The van der Waals surface area contributed by atoms with E-state index in [1.807, 2.05) is 18.2 Å². The van der Waals surface area contributed by atoms with E-state index in [1.165, 1.54) is 0 Å². The molecule has 0 bridgehead atoms. The number of nitrogens with zero attached hydrogens (tertiary/aromatic N) is 1. The van der Waals surface area contributed by atoms with Crippen LogP contribution in [-0.4, -0.2) is 11.9 Å². The summed E-state index contributed by atoms with van der Waals surface area (Å²) in [6.45, 7) is 0. The van der Waals surface area contributed by atoms with Crippen molar-refractivity contribution in [3.05, 3.63) is 65.8 Å². The van der Waals surface area contributed by atoms with Crippen LogP contribution in [0.15, 0.2) is 65.8 Å². The van der Waals surface area contributed by atoms with Gasteiger partial charge in [0.1, 0.15) is 5.57 Å². The van der Waals surface area contributed by atoms with Gasteiger partial charge in [-0.05, 0) is 24.1 Å². The van der Waals surface area contributed by atoms with Gasteiger partial charge in [0.2, 0.25) is 0 Å². The Labute approximate surface area is 110 Å². The number of carbonyl (C=O) groups excluding carboxylic acids is 2. The Bertz CT molecular complexity index is 612. The number of para-hydroxylation sites is 1. The quantitative estimate of drug-likeness (QED) is 0.570. The van der Waals surface area contributed by atoms with E-state index in [9.17, 15) is 9.59 Å². The predicted molar refractivity (Wildman–Crippen MR) is 69.9 cm³/mol. The molecule has 0 N–H and O–H groups in total. The van der Waals surface area contributed by atoms with E-state index < -0.39 is 11.9 Å². The summed E-state index contributed by atoms with van der Waals surface area (Å²) in [5.74, 6) is -1.04. The van der Waals surface area contributed by atoms with E-state index in [2.05, 4.69) is 0 Å². The van der Waals surface area contributed by atoms with Gasteiger partial charge in [-0.2, -0.15) is 0 Å². The fraction of sp³-hybridized carbons (Fsp3) is 0.0667. The highest BCUT2D eigenvalue weighted by molar-refractivity contribution is 6.27. The molecule has 0 saturated carbocycles. The van der Waals surface area contributed by atoms with Gasteiger partial charge in [-0.3, -0.25) is 4.79 Å².